The Bertz CT molecular complexity index is 2910. The molecule has 0 spiro atoms. The molecule has 1 aliphatic rings. The Morgan fingerprint density at radius 3 is 1.88 bits per heavy atom. The molecule has 1 heteroatoms. The summed E-state index contributed by atoms with van der Waals surface area (Å²) in [5, 5.41) is 12.8. The predicted octanol–water partition coefficient (Wildman–Crippen LogP) is 13.3. The van der Waals surface area contributed by atoms with Gasteiger partial charge < -0.3 is 4.42 Å². The van der Waals surface area contributed by atoms with E-state index in [4.69, 9.17) is 4.42 Å². The van der Waals surface area contributed by atoms with Crippen LogP contribution in [0.3, 0.4) is 0 Å². The lowest BCUT2D eigenvalue weighted by atomic mass is 9.77. The highest BCUT2D eigenvalue weighted by Gasteiger charge is 2.39. The molecule has 1 heterocycles. The van der Waals surface area contributed by atoms with Crippen LogP contribution >= 0.6 is 0 Å². The van der Waals surface area contributed by atoms with Crippen molar-refractivity contribution in [2.45, 2.75) is 19.3 Å². The fourth-order valence-corrected chi connectivity index (χ4v) is 8.91. The van der Waals surface area contributed by atoms with Gasteiger partial charge in [0, 0.05) is 16.2 Å². The number of para-hydroxylation sites is 1. The van der Waals surface area contributed by atoms with Crippen molar-refractivity contribution in [1.29, 1.82) is 0 Å². The minimum Gasteiger partial charge on any atom is -0.456 e. The molecule has 0 fully saturated rings. The molecule has 0 radical (unpaired) electrons. The zero-order valence-corrected chi connectivity index (χ0v) is 26.8. The lowest BCUT2D eigenvalue weighted by Crippen LogP contribution is -2.16. The molecule has 0 amide bonds. The zero-order chi connectivity index (χ0) is 31.7. The molecule has 224 valence electrons. The van der Waals surface area contributed by atoms with E-state index < -0.39 is 0 Å². The lowest BCUT2D eigenvalue weighted by molar-refractivity contribution is 0.662. The van der Waals surface area contributed by atoms with Crippen LogP contribution in [0, 0.1) is 0 Å². The van der Waals surface area contributed by atoms with Crippen molar-refractivity contribution in [3.63, 3.8) is 0 Å². The fourth-order valence-electron chi connectivity index (χ4n) is 8.91. The van der Waals surface area contributed by atoms with E-state index in [0.717, 1.165) is 21.9 Å². The van der Waals surface area contributed by atoms with Gasteiger partial charge >= 0.3 is 0 Å². The summed E-state index contributed by atoms with van der Waals surface area (Å²) in [7, 11) is 0. The molecule has 9 aromatic carbocycles. The van der Waals surface area contributed by atoms with Gasteiger partial charge in [0.25, 0.3) is 0 Å². The molecule has 0 atom stereocenters. The normalized spacial score (nSPS) is 13.8. The SMILES string of the molecule is CC1(C)c2cc(-c3cc4ccc5cccc6ccc(c3)c4c56)ccc2-c2c1c(-c1ccc3c(c1)oc1ccccc13)cc1ccccc21. The molecule has 48 heavy (non-hydrogen) atoms. The number of fused-ring (bicyclic) bond motifs is 8. The molecule has 0 saturated carbocycles. The number of benzene rings is 9. The zero-order valence-electron chi connectivity index (χ0n) is 26.8. The highest BCUT2D eigenvalue weighted by Crippen LogP contribution is 2.56. The summed E-state index contributed by atoms with van der Waals surface area (Å²) >= 11 is 0. The van der Waals surface area contributed by atoms with E-state index in [2.05, 4.69) is 153 Å². The fraction of sp³-hybridized carbons (Fsp3) is 0.0638. The molecule has 11 rings (SSSR count). The van der Waals surface area contributed by atoms with Crippen LogP contribution in [0.4, 0.5) is 0 Å². The van der Waals surface area contributed by atoms with E-state index in [-0.39, 0.29) is 5.41 Å². The smallest absolute Gasteiger partial charge is 0.136 e. The topological polar surface area (TPSA) is 13.1 Å². The van der Waals surface area contributed by atoms with Crippen molar-refractivity contribution in [3.05, 3.63) is 157 Å². The maximum atomic E-state index is 6.37. The molecular weight excluding hydrogens is 581 g/mol. The van der Waals surface area contributed by atoms with Crippen molar-refractivity contribution < 1.29 is 4.42 Å². The van der Waals surface area contributed by atoms with Gasteiger partial charge in [0.1, 0.15) is 11.2 Å². The van der Waals surface area contributed by atoms with Crippen molar-refractivity contribution >= 4 is 65.0 Å². The highest BCUT2D eigenvalue weighted by atomic mass is 16.3. The molecule has 0 aliphatic heterocycles. The first kappa shape index (κ1) is 26.2. The first-order valence-corrected chi connectivity index (χ1v) is 16.8. The number of furan rings is 1. The first-order valence-electron chi connectivity index (χ1n) is 16.8. The van der Waals surface area contributed by atoms with E-state index in [1.165, 1.54) is 87.6 Å². The van der Waals surface area contributed by atoms with Crippen LogP contribution in [0.1, 0.15) is 25.0 Å². The van der Waals surface area contributed by atoms with Crippen LogP contribution in [-0.4, -0.2) is 0 Å². The second kappa shape index (κ2) is 9.12. The highest BCUT2D eigenvalue weighted by molar-refractivity contribution is 6.23. The van der Waals surface area contributed by atoms with E-state index in [9.17, 15) is 0 Å². The summed E-state index contributed by atoms with van der Waals surface area (Å²) < 4.78 is 6.37. The predicted molar refractivity (Wildman–Crippen MR) is 203 cm³/mol. The maximum absolute atomic E-state index is 6.37. The molecule has 1 aromatic heterocycles. The average Bonchev–Trinajstić information content (AvgIpc) is 3.61. The Balaban J connectivity index is 1.13. The molecule has 10 aromatic rings. The average molecular weight is 611 g/mol. The minimum atomic E-state index is -0.209. The third-order valence-corrected chi connectivity index (χ3v) is 11.1. The van der Waals surface area contributed by atoms with E-state index >= 15 is 0 Å². The van der Waals surface area contributed by atoms with Gasteiger partial charge in [-0.05, 0) is 130 Å². The lowest BCUT2D eigenvalue weighted by Gasteiger charge is -2.25. The second-order valence-corrected chi connectivity index (χ2v) is 14.1. The molecule has 0 unspecified atom stereocenters. The monoisotopic (exact) mass is 610 g/mol. The number of hydrogen-bond donors (Lipinski definition) is 0. The second-order valence-electron chi connectivity index (χ2n) is 14.1. The Morgan fingerprint density at radius 2 is 1.06 bits per heavy atom. The molecular formula is C47H30O. The van der Waals surface area contributed by atoms with E-state index in [1.807, 2.05) is 6.07 Å². The number of hydrogen-bond acceptors (Lipinski definition) is 1. The van der Waals surface area contributed by atoms with E-state index in [1.54, 1.807) is 0 Å². The van der Waals surface area contributed by atoms with Crippen LogP contribution in [0.15, 0.2) is 150 Å². The number of rotatable bonds is 2. The van der Waals surface area contributed by atoms with Gasteiger partial charge in [0.15, 0.2) is 0 Å². The van der Waals surface area contributed by atoms with Crippen molar-refractivity contribution in [2.75, 3.05) is 0 Å². The van der Waals surface area contributed by atoms with Gasteiger partial charge in [0.05, 0.1) is 0 Å². The quantitative estimate of drug-likeness (QED) is 0.178. The van der Waals surface area contributed by atoms with Crippen LogP contribution in [0.5, 0.6) is 0 Å². The van der Waals surface area contributed by atoms with Crippen LogP contribution in [-0.2, 0) is 5.41 Å². The standard InChI is InChI=1S/C47H30O/c1-47(2)40-25-29(34-22-32-16-14-27-9-7-10-28-15-17-33(23-34)44(32)43(27)28)18-21-38(40)45-35-11-4-3-8-30(35)24-39(46(45)47)31-19-20-37-36-12-5-6-13-41(36)48-42(37)26-31/h3-26H,1-2H3. The molecule has 1 aliphatic carbocycles. The Hall–Kier alpha value is -5.92. The molecule has 0 bridgehead atoms. The summed E-state index contributed by atoms with van der Waals surface area (Å²) in [5.41, 5.74) is 12.1. The van der Waals surface area contributed by atoms with Gasteiger partial charge in [-0.3, -0.25) is 0 Å². The molecule has 0 saturated heterocycles. The van der Waals surface area contributed by atoms with Crippen molar-refractivity contribution in [1.82, 2.24) is 0 Å². The maximum Gasteiger partial charge on any atom is 0.136 e. The summed E-state index contributed by atoms with van der Waals surface area (Å²) in [6.45, 7) is 4.81. The van der Waals surface area contributed by atoms with Crippen LogP contribution in [0.25, 0.3) is 98.4 Å². The molecule has 0 N–H and O–H groups in total. The van der Waals surface area contributed by atoms with Gasteiger partial charge in [-0.2, -0.15) is 0 Å². The Morgan fingerprint density at radius 1 is 0.417 bits per heavy atom. The molecule has 1 nitrogen and oxygen atoms in total. The Kier molecular flexibility index (Phi) is 4.97. The third-order valence-electron chi connectivity index (χ3n) is 11.1. The summed E-state index contributed by atoms with van der Waals surface area (Å²) in [6.07, 6.45) is 0. The van der Waals surface area contributed by atoms with Gasteiger partial charge in [-0.25, -0.2) is 0 Å². The van der Waals surface area contributed by atoms with Gasteiger partial charge in [-0.15, -0.1) is 0 Å². The third kappa shape index (κ3) is 3.40. The van der Waals surface area contributed by atoms with Crippen molar-refractivity contribution in [2.24, 2.45) is 0 Å². The summed E-state index contributed by atoms with van der Waals surface area (Å²) in [4.78, 5) is 0. The Labute approximate surface area is 278 Å². The first-order chi connectivity index (χ1) is 23.5. The van der Waals surface area contributed by atoms with Gasteiger partial charge in [0.2, 0.25) is 0 Å². The summed E-state index contributed by atoms with van der Waals surface area (Å²) in [5.74, 6) is 0. The van der Waals surface area contributed by atoms with Gasteiger partial charge in [-0.1, -0.05) is 117 Å². The largest absolute Gasteiger partial charge is 0.456 e. The van der Waals surface area contributed by atoms with Crippen LogP contribution < -0.4 is 0 Å². The van der Waals surface area contributed by atoms with Crippen LogP contribution in [0.2, 0.25) is 0 Å². The van der Waals surface area contributed by atoms with Crippen molar-refractivity contribution in [3.8, 4) is 33.4 Å². The van der Waals surface area contributed by atoms with E-state index in [0.29, 0.717) is 0 Å². The minimum absolute atomic E-state index is 0.209. The summed E-state index contributed by atoms with van der Waals surface area (Å²) in [6, 6.07) is 54.0.